The van der Waals surface area contributed by atoms with Gasteiger partial charge in [-0.15, -0.1) is 0 Å². The van der Waals surface area contributed by atoms with Gasteiger partial charge < -0.3 is 4.90 Å². The highest BCUT2D eigenvalue weighted by atomic mass is 35.5. The molecule has 3 heteroatoms. The summed E-state index contributed by atoms with van der Waals surface area (Å²) >= 11 is 5.78. The molecule has 2 rings (SSSR count). The third-order valence-corrected chi connectivity index (χ3v) is 2.96. The van der Waals surface area contributed by atoms with Crippen LogP contribution < -0.4 is 0 Å². The molecule has 0 aromatic heterocycles. The van der Waals surface area contributed by atoms with Crippen LogP contribution in [0.15, 0.2) is 30.3 Å². The van der Waals surface area contributed by atoms with Crippen LogP contribution >= 0.6 is 11.6 Å². The van der Waals surface area contributed by atoms with Gasteiger partial charge in [-0.3, -0.25) is 4.79 Å². The van der Waals surface area contributed by atoms with Gasteiger partial charge in [-0.2, -0.15) is 0 Å². The van der Waals surface area contributed by atoms with Crippen LogP contribution in [0.1, 0.15) is 18.4 Å². The molecule has 0 N–H and O–H groups in total. The molecule has 16 heavy (non-hydrogen) atoms. The molecule has 1 fully saturated rings. The van der Waals surface area contributed by atoms with Gasteiger partial charge in [0.2, 0.25) is 5.91 Å². The van der Waals surface area contributed by atoms with Crippen LogP contribution in [0.5, 0.6) is 0 Å². The second-order valence-electron chi connectivity index (χ2n) is 3.92. The Morgan fingerprint density at radius 3 is 2.44 bits per heavy atom. The highest BCUT2D eigenvalue weighted by Gasteiger charge is 2.14. The minimum absolute atomic E-state index is 0.104. The standard InChI is InChI=1S/C13H14ClNO/c14-12-6-3-11(4-7-12)5-8-13(16)15-9-1-2-10-15/h3-8H,1-2,9-10H2. The SMILES string of the molecule is O=C(C=Cc1ccc(Cl)cc1)N1CCCC1. The molecule has 0 saturated carbocycles. The van der Waals surface area contributed by atoms with Gasteiger partial charge in [0.25, 0.3) is 0 Å². The van der Waals surface area contributed by atoms with Crippen LogP contribution in [-0.4, -0.2) is 23.9 Å². The molecule has 0 radical (unpaired) electrons. The van der Waals surface area contributed by atoms with Crippen molar-refractivity contribution in [2.45, 2.75) is 12.8 Å². The summed E-state index contributed by atoms with van der Waals surface area (Å²) in [4.78, 5) is 13.6. The molecule has 1 aromatic rings. The van der Waals surface area contributed by atoms with Crippen molar-refractivity contribution in [2.75, 3.05) is 13.1 Å². The highest BCUT2D eigenvalue weighted by Crippen LogP contribution is 2.12. The Kier molecular flexibility index (Phi) is 3.62. The summed E-state index contributed by atoms with van der Waals surface area (Å²) in [7, 11) is 0. The maximum atomic E-state index is 11.7. The van der Waals surface area contributed by atoms with Gasteiger partial charge in [-0.1, -0.05) is 23.7 Å². The van der Waals surface area contributed by atoms with Gasteiger partial charge in [0.15, 0.2) is 0 Å². The zero-order valence-corrected chi connectivity index (χ0v) is 9.78. The van der Waals surface area contributed by atoms with E-state index >= 15 is 0 Å². The Bertz CT molecular complexity index is 391. The van der Waals surface area contributed by atoms with Gasteiger partial charge in [0.1, 0.15) is 0 Å². The smallest absolute Gasteiger partial charge is 0.246 e. The summed E-state index contributed by atoms with van der Waals surface area (Å²) in [5, 5.41) is 0.711. The van der Waals surface area contributed by atoms with E-state index in [1.165, 1.54) is 0 Å². The molecule has 1 aliphatic rings. The zero-order chi connectivity index (χ0) is 11.4. The van der Waals surface area contributed by atoms with Crippen molar-refractivity contribution in [3.8, 4) is 0 Å². The van der Waals surface area contributed by atoms with E-state index in [1.54, 1.807) is 6.08 Å². The number of carbonyl (C=O) groups excluding carboxylic acids is 1. The van der Waals surface area contributed by atoms with Gasteiger partial charge in [-0.25, -0.2) is 0 Å². The molecule has 1 amide bonds. The molecule has 84 valence electrons. The highest BCUT2D eigenvalue weighted by molar-refractivity contribution is 6.30. The van der Waals surface area contributed by atoms with Crippen LogP contribution in [0.3, 0.4) is 0 Å². The number of rotatable bonds is 2. The van der Waals surface area contributed by atoms with E-state index in [0.29, 0.717) is 5.02 Å². The van der Waals surface area contributed by atoms with Gasteiger partial charge in [-0.05, 0) is 36.6 Å². The quantitative estimate of drug-likeness (QED) is 0.722. The number of benzene rings is 1. The number of carbonyl (C=O) groups is 1. The molecule has 0 atom stereocenters. The maximum Gasteiger partial charge on any atom is 0.246 e. The van der Waals surface area contributed by atoms with E-state index in [1.807, 2.05) is 35.2 Å². The Balaban J connectivity index is 1.97. The van der Waals surface area contributed by atoms with Gasteiger partial charge in [0, 0.05) is 24.2 Å². The number of likely N-dealkylation sites (tertiary alicyclic amines) is 1. The lowest BCUT2D eigenvalue weighted by Crippen LogP contribution is -2.25. The third kappa shape index (κ3) is 2.86. The summed E-state index contributed by atoms with van der Waals surface area (Å²) in [6.07, 6.45) is 5.71. The lowest BCUT2D eigenvalue weighted by molar-refractivity contribution is -0.124. The molecule has 0 bridgehead atoms. The molecule has 0 aliphatic carbocycles. The zero-order valence-electron chi connectivity index (χ0n) is 9.03. The summed E-state index contributed by atoms with van der Waals surface area (Å²) < 4.78 is 0. The predicted octanol–water partition coefficient (Wildman–Crippen LogP) is 2.98. The normalized spacial score (nSPS) is 15.9. The Labute approximate surface area is 101 Å². The molecule has 1 aliphatic heterocycles. The molecule has 2 nitrogen and oxygen atoms in total. The first-order valence-corrected chi connectivity index (χ1v) is 5.86. The summed E-state index contributed by atoms with van der Waals surface area (Å²) in [6.45, 7) is 1.79. The van der Waals surface area contributed by atoms with Crippen molar-refractivity contribution in [1.29, 1.82) is 0 Å². The van der Waals surface area contributed by atoms with E-state index in [2.05, 4.69) is 0 Å². The Morgan fingerprint density at radius 1 is 1.19 bits per heavy atom. The second-order valence-corrected chi connectivity index (χ2v) is 4.35. The molecule has 1 aromatic carbocycles. The molecular weight excluding hydrogens is 222 g/mol. The van der Waals surface area contributed by atoms with Crippen molar-refractivity contribution in [2.24, 2.45) is 0 Å². The molecule has 0 spiro atoms. The summed E-state index contributed by atoms with van der Waals surface area (Å²) in [5.41, 5.74) is 0.997. The first kappa shape index (κ1) is 11.2. The fraction of sp³-hybridized carbons (Fsp3) is 0.308. The minimum atomic E-state index is 0.104. The van der Waals surface area contributed by atoms with E-state index in [-0.39, 0.29) is 5.91 Å². The second kappa shape index (κ2) is 5.17. The van der Waals surface area contributed by atoms with Crippen LogP contribution in [0.4, 0.5) is 0 Å². The van der Waals surface area contributed by atoms with Crippen LogP contribution in [0.25, 0.3) is 6.08 Å². The molecular formula is C13H14ClNO. The average molecular weight is 236 g/mol. The molecule has 0 unspecified atom stereocenters. The maximum absolute atomic E-state index is 11.7. The predicted molar refractivity (Wildman–Crippen MR) is 66.3 cm³/mol. The lowest BCUT2D eigenvalue weighted by atomic mass is 10.2. The first-order chi connectivity index (χ1) is 7.75. The van der Waals surface area contributed by atoms with Crippen LogP contribution in [-0.2, 0) is 4.79 Å². The number of halogens is 1. The monoisotopic (exact) mass is 235 g/mol. The van der Waals surface area contributed by atoms with E-state index in [9.17, 15) is 4.79 Å². The number of amides is 1. The van der Waals surface area contributed by atoms with E-state index in [0.717, 1.165) is 31.5 Å². The van der Waals surface area contributed by atoms with Crippen molar-refractivity contribution in [1.82, 2.24) is 4.90 Å². The summed E-state index contributed by atoms with van der Waals surface area (Å²) in [6, 6.07) is 7.44. The van der Waals surface area contributed by atoms with E-state index in [4.69, 9.17) is 11.6 Å². The van der Waals surface area contributed by atoms with Crippen LogP contribution in [0.2, 0.25) is 5.02 Å². The van der Waals surface area contributed by atoms with Crippen LogP contribution in [0, 0.1) is 0 Å². The lowest BCUT2D eigenvalue weighted by Gasteiger charge is -2.11. The average Bonchev–Trinajstić information content (AvgIpc) is 2.81. The minimum Gasteiger partial charge on any atom is -0.339 e. The van der Waals surface area contributed by atoms with Crippen molar-refractivity contribution in [3.63, 3.8) is 0 Å². The first-order valence-electron chi connectivity index (χ1n) is 5.48. The van der Waals surface area contributed by atoms with Gasteiger partial charge in [0.05, 0.1) is 0 Å². The van der Waals surface area contributed by atoms with Gasteiger partial charge >= 0.3 is 0 Å². The fourth-order valence-corrected chi connectivity index (χ4v) is 1.91. The van der Waals surface area contributed by atoms with Crippen molar-refractivity contribution in [3.05, 3.63) is 40.9 Å². The molecule has 1 heterocycles. The number of hydrogen-bond acceptors (Lipinski definition) is 1. The largest absolute Gasteiger partial charge is 0.339 e. The summed E-state index contributed by atoms with van der Waals surface area (Å²) in [5.74, 6) is 0.104. The topological polar surface area (TPSA) is 20.3 Å². The third-order valence-electron chi connectivity index (χ3n) is 2.71. The Hall–Kier alpha value is -1.28. The van der Waals surface area contributed by atoms with Crippen molar-refractivity contribution < 1.29 is 4.79 Å². The Morgan fingerprint density at radius 2 is 1.81 bits per heavy atom. The number of hydrogen-bond donors (Lipinski definition) is 0. The van der Waals surface area contributed by atoms with Crippen molar-refractivity contribution >= 4 is 23.6 Å². The molecule has 1 saturated heterocycles. The van der Waals surface area contributed by atoms with E-state index < -0.39 is 0 Å². The number of nitrogens with zero attached hydrogens (tertiary/aromatic N) is 1. The fourth-order valence-electron chi connectivity index (χ4n) is 1.78.